The summed E-state index contributed by atoms with van der Waals surface area (Å²) in [5.74, 6) is 0. The van der Waals surface area contributed by atoms with Crippen LogP contribution in [-0.2, 0) is 18.9 Å². The fraction of sp³-hybridized carbons (Fsp3) is 0.714. The molecule has 0 spiro atoms. The first-order valence-corrected chi connectivity index (χ1v) is 6.73. The van der Waals surface area contributed by atoms with Crippen molar-refractivity contribution in [2.45, 2.75) is 46.1 Å². The largest absolute Gasteiger partial charge is 0.508 e. The first-order chi connectivity index (χ1) is 9.60. The van der Waals surface area contributed by atoms with Gasteiger partial charge in [0, 0.05) is 0 Å². The zero-order valence-electron chi connectivity index (χ0n) is 12.7. The van der Waals surface area contributed by atoms with Gasteiger partial charge in [-0.25, -0.2) is 9.59 Å². The van der Waals surface area contributed by atoms with Crippen LogP contribution in [0.1, 0.15) is 40.0 Å². The van der Waals surface area contributed by atoms with Crippen molar-refractivity contribution in [3.05, 3.63) is 13.2 Å². The number of carbonyl (C=O) groups excluding carboxylic acids is 2. The van der Waals surface area contributed by atoms with Crippen LogP contribution in [0.2, 0.25) is 0 Å². The molecule has 0 aliphatic carbocycles. The summed E-state index contributed by atoms with van der Waals surface area (Å²) in [4.78, 5) is 20.6. The molecule has 1 heterocycles. The molecule has 1 rings (SSSR count). The van der Waals surface area contributed by atoms with E-state index in [-0.39, 0.29) is 6.10 Å². The van der Waals surface area contributed by atoms with E-state index in [1.54, 1.807) is 6.92 Å². The molecule has 20 heavy (non-hydrogen) atoms. The molecule has 1 saturated heterocycles. The SMILES string of the molecule is C=C.CC1COC(=O)O1.CCCCOC(=O)OCCC. The van der Waals surface area contributed by atoms with Crippen LogP contribution in [-0.4, -0.2) is 38.2 Å². The van der Waals surface area contributed by atoms with E-state index in [1.165, 1.54) is 0 Å². The van der Waals surface area contributed by atoms with Gasteiger partial charge in [0.1, 0.15) is 12.7 Å². The second-order valence-corrected chi connectivity index (χ2v) is 3.79. The summed E-state index contributed by atoms with van der Waals surface area (Å²) in [7, 11) is 0. The molecule has 1 aliphatic heterocycles. The van der Waals surface area contributed by atoms with E-state index in [0.29, 0.717) is 19.8 Å². The highest BCUT2D eigenvalue weighted by Gasteiger charge is 2.19. The second kappa shape index (κ2) is 15.3. The zero-order chi connectivity index (χ0) is 15.8. The summed E-state index contributed by atoms with van der Waals surface area (Å²) >= 11 is 0. The summed E-state index contributed by atoms with van der Waals surface area (Å²) in [5.41, 5.74) is 0. The van der Waals surface area contributed by atoms with Gasteiger partial charge in [-0.15, -0.1) is 13.2 Å². The molecule has 0 saturated carbocycles. The van der Waals surface area contributed by atoms with Crippen molar-refractivity contribution in [3.63, 3.8) is 0 Å². The number of unbranched alkanes of at least 4 members (excludes halogenated alkanes) is 1. The van der Waals surface area contributed by atoms with E-state index in [2.05, 4.69) is 27.4 Å². The monoisotopic (exact) mass is 290 g/mol. The molecule has 0 amide bonds. The number of ether oxygens (including phenoxy) is 4. The van der Waals surface area contributed by atoms with Crippen molar-refractivity contribution in [2.24, 2.45) is 0 Å². The molecule has 0 bridgehead atoms. The Labute approximate surface area is 121 Å². The van der Waals surface area contributed by atoms with Gasteiger partial charge >= 0.3 is 12.3 Å². The molecule has 118 valence electrons. The fourth-order valence-electron chi connectivity index (χ4n) is 0.945. The van der Waals surface area contributed by atoms with Gasteiger partial charge in [-0.3, -0.25) is 0 Å². The zero-order valence-corrected chi connectivity index (χ0v) is 12.7. The third kappa shape index (κ3) is 14.3. The average Bonchev–Trinajstić information content (AvgIpc) is 2.83. The Kier molecular flexibility index (Phi) is 15.8. The Morgan fingerprint density at radius 1 is 1.25 bits per heavy atom. The van der Waals surface area contributed by atoms with Crippen LogP contribution in [0, 0.1) is 0 Å². The molecule has 0 aromatic carbocycles. The number of hydrogen-bond donors (Lipinski definition) is 0. The minimum absolute atomic E-state index is 0.0486. The maximum Gasteiger partial charge on any atom is 0.508 e. The summed E-state index contributed by atoms with van der Waals surface area (Å²) in [6.45, 7) is 13.1. The third-order valence-electron chi connectivity index (χ3n) is 1.88. The lowest BCUT2D eigenvalue weighted by Crippen LogP contribution is -2.08. The van der Waals surface area contributed by atoms with Gasteiger partial charge in [0.2, 0.25) is 0 Å². The van der Waals surface area contributed by atoms with E-state index >= 15 is 0 Å². The van der Waals surface area contributed by atoms with Gasteiger partial charge in [0.15, 0.2) is 0 Å². The van der Waals surface area contributed by atoms with Crippen molar-refractivity contribution < 1.29 is 28.5 Å². The van der Waals surface area contributed by atoms with Crippen LogP contribution in [0.5, 0.6) is 0 Å². The summed E-state index contributed by atoms with van der Waals surface area (Å²) in [6.07, 6.45) is 1.63. The number of hydrogen-bond acceptors (Lipinski definition) is 6. The molecule has 0 radical (unpaired) electrons. The lowest BCUT2D eigenvalue weighted by atomic mass is 10.4. The summed E-state index contributed by atoms with van der Waals surface area (Å²) < 4.78 is 18.3. The third-order valence-corrected chi connectivity index (χ3v) is 1.88. The Hall–Kier alpha value is -1.72. The van der Waals surface area contributed by atoms with Crippen LogP contribution >= 0.6 is 0 Å². The molecule has 0 aromatic heterocycles. The van der Waals surface area contributed by atoms with E-state index in [9.17, 15) is 9.59 Å². The molecule has 0 aromatic rings. The lowest BCUT2D eigenvalue weighted by Gasteiger charge is -2.03. The van der Waals surface area contributed by atoms with Gasteiger partial charge in [-0.2, -0.15) is 0 Å². The maximum atomic E-state index is 10.6. The van der Waals surface area contributed by atoms with Gasteiger partial charge in [-0.1, -0.05) is 20.3 Å². The Morgan fingerprint density at radius 2 is 1.85 bits per heavy atom. The van der Waals surface area contributed by atoms with Crippen LogP contribution in [0.25, 0.3) is 0 Å². The topological polar surface area (TPSA) is 71.1 Å². The van der Waals surface area contributed by atoms with Crippen LogP contribution in [0.3, 0.4) is 0 Å². The molecule has 6 nitrogen and oxygen atoms in total. The molecular weight excluding hydrogens is 264 g/mol. The highest BCUT2D eigenvalue weighted by Crippen LogP contribution is 2.02. The molecule has 0 N–H and O–H groups in total. The number of cyclic esters (lactones) is 2. The predicted octanol–water partition coefficient (Wildman–Crippen LogP) is 3.69. The maximum absolute atomic E-state index is 10.6. The molecule has 1 fully saturated rings. The lowest BCUT2D eigenvalue weighted by molar-refractivity contribution is 0.0545. The Morgan fingerprint density at radius 3 is 2.20 bits per heavy atom. The molecular formula is C14H26O6. The van der Waals surface area contributed by atoms with E-state index < -0.39 is 12.3 Å². The smallest absolute Gasteiger partial charge is 0.434 e. The van der Waals surface area contributed by atoms with Crippen molar-refractivity contribution in [1.82, 2.24) is 0 Å². The summed E-state index contributed by atoms with van der Waals surface area (Å²) in [6, 6.07) is 0. The van der Waals surface area contributed by atoms with Crippen molar-refractivity contribution >= 4 is 12.3 Å². The van der Waals surface area contributed by atoms with Crippen molar-refractivity contribution in [3.8, 4) is 0 Å². The van der Waals surface area contributed by atoms with Gasteiger partial charge in [0.25, 0.3) is 0 Å². The molecule has 1 aliphatic rings. The Bertz CT molecular complexity index is 254. The van der Waals surface area contributed by atoms with E-state index in [1.807, 2.05) is 13.8 Å². The Balaban J connectivity index is 0. The highest BCUT2D eigenvalue weighted by atomic mass is 16.8. The van der Waals surface area contributed by atoms with E-state index in [4.69, 9.17) is 4.74 Å². The molecule has 1 unspecified atom stereocenters. The van der Waals surface area contributed by atoms with Crippen LogP contribution in [0.4, 0.5) is 9.59 Å². The first kappa shape index (κ1) is 20.6. The standard InChI is InChI=1S/C8H16O3.C4H6O3.C2H4/c1-3-5-7-11-8(9)10-6-4-2;1-3-2-6-4(5)7-3;1-2/h3-7H2,1-2H3;3H,2H2,1H3;1-2H2. The number of rotatable bonds is 5. The molecule has 6 heteroatoms. The number of carbonyl (C=O) groups is 2. The first-order valence-electron chi connectivity index (χ1n) is 6.73. The predicted molar refractivity (Wildman–Crippen MR) is 75.6 cm³/mol. The van der Waals surface area contributed by atoms with Crippen molar-refractivity contribution in [1.29, 1.82) is 0 Å². The van der Waals surface area contributed by atoms with Crippen LogP contribution < -0.4 is 0 Å². The fourth-order valence-corrected chi connectivity index (χ4v) is 0.945. The minimum atomic E-state index is -0.549. The van der Waals surface area contributed by atoms with Gasteiger partial charge in [0.05, 0.1) is 13.2 Å². The molecule has 1 atom stereocenters. The van der Waals surface area contributed by atoms with Crippen molar-refractivity contribution in [2.75, 3.05) is 19.8 Å². The van der Waals surface area contributed by atoms with Crippen LogP contribution in [0.15, 0.2) is 13.2 Å². The normalized spacial score (nSPS) is 15.6. The quantitative estimate of drug-likeness (QED) is 0.437. The van der Waals surface area contributed by atoms with Gasteiger partial charge in [-0.05, 0) is 19.8 Å². The second-order valence-electron chi connectivity index (χ2n) is 3.79. The highest BCUT2D eigenvalue weighted by molar-refractivity contribution is 5.61. The van der Waals surface area contributed by atoms with E-state index in [0.717, 1.165) is 19.3 Å². The minimum Gasteiger partial charge on any atom is -0.434 e. The average molecular weight is 290 g/mol. The summed E-state index contributed by atoms with van der Waals surface area (Å²) in [5, 5.41) is 0. The van der Waals surface area contributed by atoms with Gasteiger partial charge < -0.3 is 18.9 Å².